The Balaban J connectivity index is 1.56. The van der Waals surface area contributed by atoms with Crippen LogP contribution in [0.15, 0.2) is 71.9 Å². The Morgan fingerprint density at radius 1 is 0.962 bits per heavy atom. The van der Waals surface area contributed by atoms with Gasteiger partial charge < -0.3 is 10.6 Å². The van der Waals surface area contributed by atoms with E-state index >= 15 is 0 Å². The maximum Gasteiger partial charge on any atom is 0.210 e. The van der Waals surface area contributed by atoms with Gasteiger partial charge in [0.25, 0.3) is 0 Å². The van der Waals surface area contributed by atoms with Gasteiger partial charge in [0, 0.05) is 11.3 Å². The van der Waals surface area contributed by atoms with E-state index in [1.807, 2.05) is 24.3 Å². The summed E-state index contributed by atoms with van der Waals surface area (Å²) < 4.78 is 6.72. The van der Waals surface area contributed by atoms with E-state index in [1.165, 1.54) is 21.0 Å². The molecule has 0 unspecified atom stereocenters. The first kappa shape index (κ1) is 16.5. The maximum atomic E-state index is 6.22. The molecule has 4 rings (SSSR count). The van der Waals surface area contributed by atoms with E-state index in [0.717, 1.165) is 17.1 Å². The number of nitrogens with zero attached hydrogens (tertiary/aromatic N) is 3. The molecular weight excluding hydrogens is 344 g/mol. The fourth-order valence-corrected chi connectivity index (χ4v) is 3.73. The van der Waals surface area contributed by atoms with Gasteiger partial charge >= 0.3 is 0 Å². The molecule has 0 saturated heterocycles. The second kappa shape index (κ2) is 7.09. The molecule has 0 saturated carbocycles. The molecule has 1 heterocycles. The van der Waals surface area contributed by atoms with Crippen LogP contribution in [0.25, 0.3) is 22.2 Å². The number of aromatic nitrogens is 3. The number of ether oxygens (including phenoxy) is 1. The minimum absolute atomic E-state index is 0.632. The van der Waals surface area contributed by atoms with Crippen molar-refractivity contribution in [3.05, 3.63) is 72.3 Å². The molecule has 0 spiro atoms. The maximum absolute atomic E-state index is 6.22. The molecule has 0 radical (unpaired) electrons. The summed E-state index contributed by atoms with van der Waals surface area (Å²) in [5, 5.41) is 11.7. The number of methoxy groups -OCH3 is 1. The number of rotatable bonds is 5. The highest BCUT2D eigenvalue weighted by Gasteiger charge is 2.13. The SMILES string of the molecule is COc1ccc(-c2nnc(SCc3cccc4ccccc34)n2N)cc1. The van der Waals surface area contributed by atoms with Crippen LogP contribution in [0.5, 0.6) is 5.75 Å². The van der Waals surface area contributed by atoms with E-state index in [4.69, 9.17) is 10.6 Å². The Labute approximate surface area is 155 Å². The van der Waals surface area contributed by atoms with Crippen molar-refractivity contribution in [1.82, 2.24) is 14.9 Å². The normalized spacial score (nSPS) is 11.0. The third-order valence-electron chi connectivity index (χ3n) is 4.25. The third-order valence-corrected chi connectivity index (χ3v) is 5.24. The molecule has 4 aromatic rings. The average molecular weight is 362 g/mol. The Morgan fingerprint density at radius 2 is 1.73 bits per heavy atom. The van der Waals surface area contributed by atoms with Crippen molar-refractivity contribution in [3.63, 3.8) is 0 Å². The molecule has 0 aliphatic heterocycles. The third kappa shape index (κ3) is 3.11. The van der Waals surface area contributed by atoms with Crippen LogP contribution in [0, 0.1) is 0 Å². The Bertz CT molecular complexity index is 1040. The molecule has 1 aromatic heterocycles. The second-order valence-electron chi connectivity index (χ2n) is 5.83. The van der Waals surface area contributed by atoms with Crippen LogP contribution < -0.4 is 10.6 Å². The number of benzene rings is 3. The highest BCUT2D eigenvalue weighted by atomic mass is 32.2. The summed E-state index contributed by atoms with van der Waals surface area (Å²) in [6.45, 7) is 0. The first-order valence-electron chi connectivity index (χ1n) is 8.20. The molecule has 6 heteroatoms. The van der Waals surface area contributed by atoms with Crippen LogP contribution in [0.3, 0.4) is 0 Å². The molecule has 130 valence electrons. The summed E-state index contributed by atoms with van der Waals surface area (Å²) in [4.78, 5) is 0. The van der Waals surface area contributed by atoms with Gasteiger partial charge in [-0.05, 0) is 40.6 Å². The standard InChI is InChI=1S/C20H18N4OS/c1-25-17-11-9-15(10-12-17)19-22-23-20(24(19)21)26-13-16-7-4-6-14-5-2-3-8-18(14)16/h2-12H,13,21H2,1H3. The van der Waals surface area contributed by atoms with Crippen LogP contribution in [-0.4, -0.2) is 22.0 Å². The Morgan fingerprint density at radius 3 is 2.54 bits per heavy atom. The van der Waals surface area contributed by atoms with E-state index in [2.05, 4.69) is 52.7 Å². The van der Waals surface area contributed by atoms with Crippen LogP contribution in [0.2, 0.25) is 0 Å². The number of fused-ring (bicyclic) bond motifs is 1. The van der Waals surface area contributed by atoms with Gasteiger partial charge in [0.1, 0.15) is 5.75 Å². The van der Waals surface area contributed by atoms with Crippen molar-refractivity contribution in [2.45, 2.75) is 10.9 Å². The molecule has 0 fully saturated rings. The van der Waals surface area contributed by atoms with Crippen molar-refractivity contribution in [3.8, 4) is 17.1 Å². The lowest BCUT2D eigenvalue weighted by Crippen LogP contribution is -2.11. The number of hydrogen-bond acceptors (Lipinski definition) is 5. The van der Waals surface area contributed by atoms with Gasteiger partial charge in [-0.1, -0.05) is 54.2 Å². The van der Waals surface area contributed by atoms with E-state index in [1.54, 1.807) is 18.9 Å². The van der Waals surface area contributed by atoms with Gasteiger partial charge in [-0.2, -0.15) is 0 Å². The summed E-state index contributed by atoms with van der Waals surface area (Å²) >= 11 is 1.58. The fraction of sp³-hybridized carbons (Fsp3) is 0.100. The van der Waals surface area contributed by atoms with Crippen LogP contribution in [0.1, 0.15) is 5.56 Å². The summed E-state index contributed by atoms with van der Waals surface area (Å²) in [7, 11) is 1.64. The lowest BCUT2D eigenvalue weighted by Gasteiger charge is -2.07. The van der Waals surface area contributed by atoms with Gasteiger partial charge in [0.05, 0.1) is 7.11 Å². The molecule has 3 aromatic carbocycles. The van der Waals surface area contributed by atoms with Gasteiger partial charge in [0.15, 0.2) is 5.82 Å². The molecule has 26 heavy (non-hydrogen) atoms. The lowest BCUT2D eigenvalue weighted by atomic mass is 10.1. The number of thioether (sulfide) groups is 1. The highest BCUT2D eigenvalue weighted by molar-refractivity contribution is 7.98. The predicted molar refractivity (Wildman–Crippen MR) is 106 cm³/mol. The van der Waals surface area contributed by atoms with Gasteiger partial charge in [0.2, 0.25) is 5.16 Å². The predicted octanol–water partition coefficient (Wildman–Crippen LogP) is 4.11. The minimum atomic E-state index is 0.632. The highest BCUT2D eigenvalue weighted by Crippen LogP contribution is 2.28. The average Bonchev–Trinajstić information content (AvgIpc) is 3.07. The summed E-state index contributed by atoms with van der Waals surface area (Å²) in [6, 6.07) is 22.3. The minimum Gasteiger partial charge on any atom is -0.497 e. The van der Waals surface area contributed by atoms with Crippen molar-refractivity contribution in [2.24, 2.45) is 0 Å². The first-order chi connectivity index (χ1) is 12.8. The molecule has 0 aliphatic carbocycles. The largest absolute Gasteiger partial charge is 0.497 e. The zero-order chi connectivity index (χ0) is 17.9. The number of hydrogen-bond donors (Lipinski definition) is 1. The Hall–Kier alpha value is -2.99. The van der Waals surface area contributed by atoms with Crippen molar-refractivity contribution in [1.29, 1.82) is 0 Å². The zero-order valence-corrected chi connectivity index (χ0v) is 15.1. The van der Waals surface area contributed by atoms with Crippen LogP contribution in [-0.2, 0) is 5.75 Å². The first-order valence-corrected chi connectivity index (χ1v) is 9.19. The monoisotopic (exact) mass is 362 g/mol. The van der Waals surface area contributed by atoms with E-state index < -0.39 is 0 Å². The quantitative estimate of drug-likeness (QED) is 0.427. The number of nitrogen functional groups attached to an aromatic ring is 1. The summed E-state index contributed by atoms with van der Waals surface area (Å²) in [6.07, 6.45) is 0. The van der Waals surface area contributed by atoms with Gasteiger partial charge in [-0.25, -0.2) is 4.68 Å². The molecule has 0 bridgehead atoms. The van der Waals surface area contributed by atoms with Crippen molar-refractivity contribution in [2.75, 3.05) is 13.0 Å². The molecule has 0 atom stereocenters. The molecule has 0 aliphatic rings. The summed E-state index contributed by atoms with van der Waals surface area (Å²) in [5.74, 6) is 8.43. The van der Waals surface area contributed by atoms with E-state index in [-0.39, 0.29) is 0 Å². The fourth-order valence-electron chi connectivity index (χ4n) is 2.87. The Kier molecular flexibility index (Phi) is 4.50. The molecule has 2 N–H and O–H groups in total. The lowest BCUT2D eigenvalue weighted by molar-refractivity contribution is 0.415. The zero-order valence-electron chi connectivity index (χ0n) is 14.3. The molecule has 5 nitrogen and oxygen atoms in total. The van der Waals surface area contributed by atoms with Crippen LogP contribution in [0.4, 0.5) is 0 Å². The smallest absolute Gasteiger partial charge is 0.210 e. The topological polar surface area (TPSA) is 66.0 Å². The van der Waals surface area contributed by atoms with Crippen LogP contribution >= 0.6 is 11.8 Å². The second-order valence-corrected chi connectivity index (χ2v) is 6.77. The van der Waals surface area contributed by atoms with E-state index in [0.29, 0.717) is 11.0 Å². The van der Waals surface area contributed by atoms with E-state index in [9.17, 15) is 0 Å². The van der Waals surface area contributed by atoms with Crippen molar-refractivity contribution < 1.29 is 4.74 Å². The summed E-state index contributed by atoms with van der Waals surface area (Å²) in [5.41, 5.74) is 2.15. The molecule has 0 amide bonds. The van der Waals surface area contributed by atoms with Gasteiger partial charge in [-0.3, -0.25) is 0 Å². The van der Waals surface area contributed by atoms with Crippen molar-refractivity contribution >= 4 is 22.5 Å². The number of nitrogens with two attached hydrogens (primary N) is 1. The molecular formula is C20H18N4OS. The van der Waals surface area contributed by atoms with Gasteiger partial charge in [-0.15, -0.1) is 10.2 Å².